The van der Waals surface area contributed by atoms with Gasteiger partial charge in [-0.15, -0.1) is 0 Å². The van der Waals surface area contributed by atoms with Crippen molar-refractivity contribution in [1.29, 1.82) is 0 Å². The molecule has 18 heavy (non-hydrogen) atoms. The summed E-state index contributed by atoms with van der Waals surface area (Å²) in [6, 6.07) is 5.76. The van der Waals surface area contributed by atoms with Gasteiger partial charge < -0.3 is 10.0 Å². The summed E-state index contributed by atoms with van der Waals surface area (Å²) >= 11 is 0. The molecule has 0 saturated heterocycles. The number of amides is 1. The molecule has 0 heterocycles. The minimum Gasteiger partial charge on any atom is -0.465 e. The van der Waals surface area contributed by atoms with E-state index in [1.54, 1.807) is 0 Å². The monoisotopic (exact) mass is 250 g/mol. The standard InChI is InChI=1S/C14H22N2O2/c1-5-6-9-16(14(17)18)12-7-8-13(15(3)4)11(2)10-12/h7-8,10H,5-6,9H2,1-4H3,(H,17,18). The molecular weight excluding hydrogens is 228 g/mol. The van der Waals surface area contributed by atoms with E-state index in [0.29, 0.717) is 6.54 Å². The van der Waals surface area contributed by atoms with Crippen molar-refractivity contribution in [1.82, 2.24) is 0 Å². The number of aryl methyl sites for hydroxylation is 1. The van der Waals surface area contributed by atoms with Gasteiger partial charge in [-0.3, -0.25) is 4.90 Å². The largest absolute Gasteiger partial charge is 0.465 e. The normalized spacial score (nSPS) is 10.2. The molecule has 0 fully saturated rings. The quantitative estimate of drug-likeness (QED) is 0.871. The zero-order chi connectivity index (χ0) is 13.7. The van der Waals surface area contributed by atoms with Crippen LogP contribution >= 0.6 is 0 Å². The predicted molar refractivity (Wildman–Crippen MR) is 75.8 cm³/mol. The van der Waals surface area contributed by atoms with Crippen molar-refractivity contribution in [3.05, 3.63) is 23.8 Å². The number of unbranched alkanes of at least 4 members (excludes halogenated alkanes) is 1. The Labute approximate surface area is 109 Å². The summed E-state index contributed by atoms with van der Waals surface area (Å²) < 4.78 is 0. The molecule has 1 rings (SSSR count). The molecular formula is C14H22N2O2. The molecule has 0 aliphatic carbocycles. The topological polar surface area (TPSA) is 43.8 Å². The highest BCUT2D eigenvalue weighted by Crippen LogP contribution is 2.24. The summed E-state index contributed by atoms with van der Waals surface area (Å²) in [5.41, 5.74) is 2.94. The van der Waals surface area contributed by atoms with Crippen LogP contribution in [0.5, 0.6) is 0 Å². The minimum absolute atomic E-state index is 0.548. The van der Waals surface area contributed by atoms with E-state index < -0.39 is 6.09 Å². The number of carboxylic acid groups (broad SMARTS) is 1. The van der Waals surface area contributed by atoms with Gasteiger partial charge in [0.05, 0.1) is 0 Å². The number of rotatable bonds is 5. The highest BCUT2D eigenvalue weighted by molar-refractivity contribution is 5.86. The van der Waals surface area contributed by atoms with E-state index in [0.717, 1.165) is 29.8 Å². The van der Waals surface area contributed by atoms with Crippen LogP contribution in [0.1, 0.15) is 25.3 Å². The Morgan fingerprint density at radius 2 is 2.00 bits per heavy atom. The van der Waals surface area contributed by atoms with Crippen LogP contribution in [0.3, 0.4) is 0 Å². The van der Waals surface area contributed by atoms with E-state index in [4.69, 9.17) is 0 Å². The van der Waals surface area contributed by atoms with Crippen molar-refractivity contribution in [3.63, 3.8) is 0 Å². The highest BCUT2D eigenvalue weighted by Gasteiger charge is 2.14. The maximum absolute atomic E-state index is 11.3. The molecule has 0 spiro atoms. The molecule has 1 amide bonds. The number of hydrogen-bond acceptors (Lipinski definition) is 2. The van der Waals surface area contributed by atoms with E-state index in [2.05, 4.69) is 6.92 Å². The number of benzene rings is 1. The lowest BCUT2D eigenvalue weighted by atomic mass is 10.1. The molecule has 4 nitrogen and oxygen atoms in total. The Balaban J connectivity index is 2.99. The van der Waals surface area contributed by atoms with E-state index >= 15 is 0 Å². The van der Waals surface area contributed by atoms with Crippen LogP contribution < -0.4 is 9.80 Å². The van der Waals surface area contributed by atoms with Crippen molar-refractivity contribution in [2.45, 2.75) is 26.7 Å². The molecule has 0 aromatic heterocycles. The van der Waals surface area contributed by atoms with E-state index in [1.165, 1.54) is 4.90 Å². The maximum Gasteiger partial charge on any atom is 0.411 e. The third-order valence-electron chi connectivity index (χ3n) is 2.94. The second-order valence-electron chi connectivity index (χ2n) is 4.65. The second-order valence-corrected chi connectivity index (χ2v) is 4.65. The first kappa shape index (κ1) is 14.4. The van der Waals surface area contributed by atoms with Gasteiger partial charge in [-0.1, -0.05) is 13.3 Å². The number of carbonyl (C=O) groups is 1. The molecule has 0 unspecified atom stereocenters. The third-order valence-corrected chi connectivity index (χ3v) is 2.94. The van der Waals surface area contributed by atoms with Gasteiger partial charge in [-0.05, 0) is 37.1 Å². The first-order valence-electron chi connectivity index (χ1n) is 6.25. The van der Waals surface area contributed by atoms with Gasteiger partial charge in [0.25, 0.3) is 0 Å². The number of nitrogens with zero attached hydrogens (tertiary/aromatic N) is 2. The molecule has 0 saturated carbocycles. The second kappa shape index (κ2) is 6.28. The Bertz CT molecular complexity index is 416. The van der Waals surface area contributed by atoms with E-state index in [1.807, 2.05) is 44.1 Å². The fraction of sp³-hybridized carbons (Fsp3) is 0.500. The average Bonchev–Trinajstić information content (AvgIpc) is 2.28. The summed E-state index contributed by atoms with van der Waals surface area (Å²) in [6.45, 7) is 4.60. The maximum atomic E-state index is 11.3. The van der Waals surface area contributed by atoms with Crippen LogP contribution in [0.15, 0.2) is 18.2 Å². The molecule has 0 aliphatic rings. The van der Waals surface area contributed by atoms with E-state index in [-0.39, 0.29) is 0 Å². The zero-order valence-corrected chi connectivity index (χ0v) is 11.6. The smallest absolute Gasteiger partial charge is 0.411 e. The lowest BCUT2D eigenvalue weighted by Crippen LogP contribution is -2.30. The van der Waals surface area contributed by atoms with Gasteiger partial charge in [0, 0.05) is 32.0 Å². The van der Waals surface area contributed by atoms with Gasteiger partial charge in [0.1, 0.15) is 0 Å². The van der Waals surface area contributed by atoms with Gasteiger partial charge in [0.2, 0.25) is 0 Å². The third kappa shape index (κ3) is 3.39. The minimum atomic E-state index is -0.888. The summed E-state index contributed by atoms with van der Waals surface area (Å²) in [7, 11) is 3.96. The Hall–Kier alpha value is -1.71. The SMILES string of the molecule is CCCCN(C(=O)O)c1ccc(N(C)C)c(C)c1. The lowest BCUT2D eigenvalue weighted by Gasteiger charge is -2.22. The molecule has 100 valence electrons. The van der Waals surface area contributed by atoms with Gasteiger partial charge in [-0.25, -0.2) is 4.79 Å². The molecule has 0 radical (unpaired) electrons. The van der Waals surface area contributed by atoms with Crippen molar-refractivity contribution in [3.8, 4) is 0 Å². The van der Waals surface area contributed by atoms with Crippen LogP contribution in [-0.4, -0.2) is 31.8 Å². The van der Waals surface area contributed by atoms with Crippen LogP contribution in [0.4, 0.5) is 16.2 Å². The van der Waals surface area contributed by atoms with Crippen LogP contribution in [0.25, 0.3) is 0 Å². The Morgan fingerprint density at radius 3 is 2.44 bits per heavy atom. The summed E-state index contributed by atoms with van der Waals surface area (Å²) in [6.07, 6.45) is 0.972. The van der Waals surface area contributed by atoms with Crippen molar-refractivity contribution >= 4 is 17.5 Å². The Morgan fingerprint density at radius 1 is 1.33 bits per heavy atom. The van der Waals surface area contributed by atoms with Crippen molar-refractivity contribution in [2.75, 3.05) is 30.4 Å². The van der Waals surface area contributed by atoms with Gasteiger partial charge >= 0.3 is 6.09 Å². The highest BCUT2D eigenvalue weighted by atomic mass is 16.4. The predicted octanol–water partition coefficient (Wildman–Crippen LogP) is 3.35. The summed E-state index contributed by atoms with van der Waals surface area (Å²) in [5, 5.41) is 9.24. The first-order chi connectivity index (χ1) is 8.47. The van der Waals surface area contributed by atoms with Crippen molar-refractivity contribution in [2.24, 2.45) is 0 Å². The molecule has 1 N–H and O–H groups in total. The number of anilines is 2. The molecule has 1 aromatic rings. The molecule has 4 heteroatoms. The summed E-state index contributed by atoms with van der Waals surface area (Å²) in [4.78, 5) is 14.7. The van der Waals surface area contributed by atoms with Crippen LogP contribution in [0.2, 0.25) is 0 Å². The fourth-order valence-electron chi connectivity index (χ4n) is 1.96. The Kier molecular flexibility index (Phi) is 5.01. The van der Waals surface area contributed by atoms with Crippen LogP contribution in [-0.2, 0) is 0 Å². The first-order valence-corrected chi connectivity index (χ1v) is 6.25. The molecule has 0 bridgehead atoms. The van der Waals surface area contributed by atoms with E-state index in [9.17, 15) is 9.90 Å². The molecule has 0 atom stereocenters. The molecule has 1 aromatic carbocycles. The van der Waals surface area contributed by atoms with Gasteiger partial charge in [-0.2, -0.15) is 0 Å². The average molecular weight is 250 g/mol. The zero-order valence-electron chi connectivity index (χ0n) is 11.6. The van der Waals surface area contributed by atoms with Crippen molar-refractivity contribution < 1.29 is 9.90 Å². The lowest BCUT2D eigenvalue weighted by molar-refractivity contribution is 0.201. The number of hydrogen-bond donors (Lipinski definition) is 1. The molecule has 0 aliphatic heterocycles. The fourth-order valence-corrected chi connectivity index (χ4v) is 1.96. The summed E-state index contributed by atoms with van der Waals surface area (Å²) in [5.74, 6) is 0. The van der Waals surface area contributed by atoms with Crippen LogP contribution in [0, 0.1) is 6.92 Å². The van der Waals surface area contributed by atoms with Gasteiger partial charge in [0.15, 0.2) is 0 Å².